The van der Waals surface area contributed by atoms with E-state index in [0.717, 1.165) is 5.56 Å². The number of nitro groups is 1. The fraction of sp³-hybridized carbons (Fsp3) is 0. The van der Waals surface area contributed by atoms with Crippen LogP contribution in [0.1, 0.15) is 5.56 Å². The molecule has 1 unspecified atom stereocenters. The van der Waals surface area contributed by atoms with Crippen molar-refractivity contribution in [2.45, 2.75) is 4.90 Å². The van der Waals surface area contributed by atoms with Crippen LogP contribution in [0.3, 0.4) is 0 Å². The number of nitrogens with two attached hydrogens (primary N) is 1. The van der Waals surface area contributed by atoms with Crippen LogP contribution in [0.15, 0.2) is 33.6 Å². The van der Waals surface area contributed by atoms with E-state index in [1.165, 1.54) is 6.21 Å². The number of fused-ring (bicyclic) bond motifs is 1. The number of hydrogen-bond donors (Lipinski definition) is 1. The molecule has 13 heavy (non-hydrogen) atoms. The highest BCUT2D eigenvalue weighted by atomic mass is 32.3. The highest BCUT2D eigenvalue weighted by Gasteiger charge is 2.38. The summed E-state index contributed by atoms with van der Waals surface area (Å²) in [5, 5.41) is 16.3. The van der Waals surface area contributed by atoms with E-state index in [2.05, 4.69) is 4.40 Å². The molecule has 68 valence electrons. The van der Waals surface area contributed by atoms with Crippen LogP contribution in [0.4, 0.5) is 0 Å². The monoisotopic (exact) mass is 197 g/mol. The SMILES string of the molecule is NS1([N+](=O)[O-])N=Cc2ccccc21. The number of rotatable bonds is 1. The molecule has 5 nitrogen and oxygen atoms in total. The van der Waals surface area contributed by atoms with Gasteiger partial charge in [-0.25, -0.2) is 15.3 Å². The molecule has 0 amide bonds. The fourth-order valence-electron chi connectivity index (χ4n) is 1.17. The Balaban J connectivity index is 2.61. The molecule has 1 aromatic rings. The van der Waals surface area contributed by atoms with Gasteiger partial charge in [-0.05, 0) is 6.07 Å². The minimum absolute atomic E-state index is 0.505. The molecule has 0 saturated heterocycles. The summed E-state index contributed by atoms with van der Waals surface area (Å²) < 4.78 is 3.27. The molecular weight excluding hydrogens is 190 g/mol. The Morgan fingerprint density at radius 3 is 2.85 bits per heavy atom. The first-order chi connectivity index (χ1) is 6.14. The van der Waals surface area contributed by atoms with Crippen molar-refractivity contribution in [2.75, 3.05) is 0 Å². The van der Waals surface area contributed by atoms with Gasteiger partial charge in [-0.15, -0.1) is 0 Å². The van der Waals surface area contributed by atoms with E-state index in [9.17, 15) is 10.1 Å². The van der Waals surface area contributed by atoms with Crippen molar-refractivity contribution >= 4 is 16.8 Å². The predicted molar refractivity (Wildman–Crippen MR) is 51.1 cm³/mol. The van der Waals surface area contributed by atoms with E-state index >= 15 is 0 Å². The Labute approximate surface area is 76.1 Å². The van der Waals surface area contributed by atoms with Crippen LogP contribution in [0, 0.1) is 10.1 Å². The summed E-state index contributed by atoms with van der Waals surface area (Å²) in [4.78, 5) is 11.2. The molecule has 2 rings (SSSR count). The minimum Gasteiger partial charge on any atom is -0.249 e. The number of benzene rings is 1. The van der Waals surface area contributed by atoms with Gasteiger partial charge in [0.25, 0.3) is 0 Å². The van der Waals surface area contributed by atoms with Crippen LogP contribution in [-0.4, -0.2) is 10.5 Å². The van der Waals surface area contributed by atoms with Crippen molar-refractivity contribution in [1.29, 1.82) is 0 Å². The summed E-state index contributed by atoms with van der Waals surface area (Å²) in [6.45, 7) is 0. The first kappa shape index (κ1) is 8.21. The van der Waals surface area contributed by atoms with Crippen molar-refractivity contribution in [2.24, 2.45) is 9.54 Å². The first-order valence-corrected chi connectivity index (χ1v) is 5.15. The smallest absolute Gasteiger partial charge is 0.212 e. The van der Waals surface area contributed by atoms with Gasteiger partial charge in [0.1, 0.15) is 4.33 Å². The van der Waals surface area contributed by atoms with Gasteiger partial charge >= 0.3 is 0 Å². The van der Waals surface area contributed by atoms with Crippen molar-refractivity contribution in [1.82, 2.24) is 0 Å². The molecule has 1 heterocycles. The molecular formula is C7H7N3O2S. The van der Waals surface area contributed by atoms with Crippen LogP contribution in [0.25, 0.3) is 0 Å². The Hall–Kier alpha value is -1.40. The van der Waals surface area contributed by atoms with E-state index in [-0.39, 0.29) is 0 Å². The average Bonchev–Trinajstić information content (AvgIpc) is 2.47. The van der Waals surface area contributed by atoms with Crippen molar-refractivity contribution in [3.05, 3.63) is 39.9 Å². The third-order valence-corrected chi connectivity index (χ3v) is 3.72. The minimum atomic E-state index is -2.69. The normalized spacial score (nSPS) is 29.3. The topological polar surface area (TPSA) is 81.5 Å². The fourth-order valence-corrected chi connectivity index (χ4v) is 2.55. The van der Waals surface area contributed by atoms with Crippen LogP contribution in [0.5, 0.6) is 0 Å². The first-order valence-electron chi connectivity index (χ1n) is 3.54. The van der Waals surface area contributed by atoms with Crippen LogP contribution in [-0.2, 0) is 0 Å². The standard InChI is InChI=1S/C7H7N3O2S/c8-13(10(11)12)7-4-2-1-3-6(7)5-9-13/h1-5H,8H2. The molecule has 0 aliphatic carbocycles. The van der Waals surface area contributed by atoms with E-state index in [4.69, 9.17) is 5.14 Å². The quantitative estimate of drug-likeness (QED) is 0.543. The van der Waals surface area contributed by atoms with Crippen LogP contribution in [0.2, 0.25) is 0 Å². The second-order valence-corrected chi connectivity index (χ2v) is 4.72. The molecule has 0 aromatic heterocycles. The molecule has 0 bridgehead atoms. The van der Waals surface area contributed by atoms with Gasteiger partial charge < -0.3 is 0 Å². The number of nitrogens with zero attached hydrogens (tertiary/aromatic N) is 2. The lowest BCUT2D eigenvalue weighted by Crippen LogP contribution is -2.15. The molecule has 6 heteroatoms. The van der Waals surface area contributed by atoms with Crippen molar-refractivity contribution < 1.29 is 4.33 Å². The van der Waals surface area contributed by atoms with Crippen LogP contribution < -0.4 is 5.14 Å². The highest BCUT2D eigenvalue weighted by molar-refractivity contribution is 8.26. The molecule has 1 aromatic carbocycles. The van der Waals surface area contributed by atoms with Crippen molar-refractivity contribution in [3.8, 4) is 0 Å². The van der Waals surface area contributed by atoms with Gasteiger partial charge in [0, 0.05) is 11.8 Å². The molecule has 2 N–H and O–H groups in total. The lowest BCUT2D eigenvalue weighted by atomic mass is 10.2. The van der Waals surface area contributed by atoms with Crippen molar-refractivity contribution in [3.63, 3.8) is 0 Å². The molecule has 0 saturated carbocycles. The Kier molecular flexibility index (Phi) is 1.61. The Bertz CT molecular complexity index is 406. The van der Waals surface area contributed by atoms with Gasteiger partial charge in [-0.3, -0.25) is 0 Å². The third kappa shape index (κ3) is 1.03. The summed E-state index contributed by atoms with van der Waals surface area (Å²) in [7, 11) is -2.69. The van der Waals surface area contributed by atoms with E-state index in [1.54, 1.807) is 24.3 Å². The zero-order valence-corrected chi connectivity index (χ0v) is 7.40. The van der Waals surface area contributed by atoms with Gasteiger partial charge in [0.2, 0.25) is 10.6 Å². The maximum absolute atomic E-state index is 10.7. The third-order valence-electron chi connectivity index (χ3n) is 1.82. The van der Waals surface area contributed by atoms with E-state index in [1.807, 2.05) is 0 Å². The lowest BCUT2D eigenvalue weighted by Gasteiger charge is -2.16. The summed E-state index contributed by atoms with van der Waals surface area (Å²) >= 11 is 0. The van der Waals surface area contributed by atoms with E-state index in [0.29, 0.717) is 4.90 Å². The van der Waals surface area contributed by atoms with Gasteiger partial charge in [0.05, 0.1) is 4.90 Å². The number of hydrogen-bond acceptors (Lipinski definition) is 4. The summed E-state index contributed by atoms with van der Waals surface area (Å²) in [6, 6.07) is 6.95. The molecule has 1 aliphatic heterocycles. The highest BCUT2D eigenvalue weighted by Crippen LogP contribution is 2.54. The predicted octanol–water partition coefficient (Wildman–Crippen LogP) is 1.26. The van der Waals surface area contributed by atoms with E-state index < -0.39 is 14.9 Å². The second kappa shape index (κ2) is 2.54. The largest absolute Gasteiger partial charge is 0.249 e. The summed E-state index contributed by atoms with van der Waals surface area (Å²) in [5.74, 6) is 0. The lowest BCUT2D eigenvalue weighted by molar-refractivity contribution is -0.297. The van der Waals surface area contributed by atoms with Gasteiger partial charge in [0.15, 0.2) is 0 Å². The molecule has 0 spiro atoms. The maximum atomic E-state index is 10.7. The zero-order valence-electron chi connectivity index (χ0n) is 6.58. The molecule has 0 fully saturated rings. The maximum Gasteiger partial charge on any atom is 0.212 e. The zero-order chi connectivity index (χ0) is 9.47. The Morgan fingerprint density at radius 1 is 1.46 bits per heavy atom. The van der Waals surface area contributed by atoms with Gasteiger partial charge in [-0.2, -0.15) is 4.40 Å². The summed E-state index contributed by atoms with van der Waals surface area (Å²) in [6.07, 6.45) is 1.47. The molecule has 0 radical (unpaired) electrons. The second-order valence-electron chi connectivity index (χ2n) is 2.59. The molecule has 1 aliphatic rings. The average molecular weight is 197 g/mol. The van der Waals surface area contributed by atoms with Crippen LogP contribution >= 0.6 is 10.6 Å². The Morgan fingerprint density at radius 2 is 2.15 bits per heavy atom. The van der Waals surface area contributed by atoms with Gasteiger partial charge in [-0.1, -0.05) is 18.2 Å². The summed E-state index contributed by atoms with van der Waals surface area (Å²) in [5.41, 5.74) is 0.747. The molecule has 1 atom stereocenters.